The van der Waals surface area contributed by atoms with E-state index in [9.17, 15) is 31.5 Å². The lowest BCUT2D eigenvalue weighted by Gasteiger charge is -2.33. The van der Waals surface area contributed by atoms with Crippen LogP contribution in [0.1, 0.15) is 18.4 Å². The third kappa shape index (κ3) is 7.04. The Labute approximate surface area is 190 Å². The molecular formula is C21H20F5N3O3S. The fourth-order valence-corrected chi connectivity index (χ4v) is 3.90. The highest BCUT2D eigenvalue weighted by Gasteiger charge is 2.37. The zero-order valence-electron chi connectivity index (χ0n) is 17.1. The van der Waals surface area contributed by atoms with E-state index in [2.05, 4.69) is 10.3 Å². The summed E-state index contributed by atoms with van der Waals surface area (Å²) in [6, 6.07) is 7.85. The number of hydrogen-bond donors (Lipinski definition) is 1. The first-order valence-corrected chi connectivity index (χ1v) is 10.8. The fourth-order valence-electron chi connectivity index (χ4n) is 3.40. The number of thioether (sulfide) groups is 1. The Bertz CT molecular complexity index is 972. The van der Waals surface area contributed by atoms with Crippen molar-refractivity contribution in [3.05, 3.63) is 48.2 Å². The van der Waals surface area contributed by atoms with E-state index in [0.717, 1.165) is 6.07 Å². The molecule has 1 N–H and O–H groups in total. The third-order valence-corrected chi connectivity index (χ3v) is 5.58. The summed E-state index contributed by atoms with van der Waals surface area (Å²) in [5.74, 6) is -4.83. The van der Waals surface area contributed by atoms with Crippen LogP contribution < -0.4 is 10.2 Å². The predicted molar refractivity (Wildman–Crippen MR) is 112 cm³/mol. The SMILES string of the molecule is O=C(COC(=O)C1CCCN(c2ncccc2C(F)(F)F)C1)Nc1ccc(SC(F)F)cc1. The Hall–Kier alpha value is -2.89. The summed E-state index contributed by atoms with van der Waals surface area (Å²) in [6.45, 7) is -0.283. The summed E-state index contributed by atoms with van der Waals surface area (Å²) >= 11 is 0.370. The van der Waals surface area contributed by atoms with Crippen molar-refractivity contribution in [2.75, 3.05) is 29.9 Å². The maximum Gasteiger partial charge on any atom is 0.419 e. The molecule has 1 atom stereocenters. The van der Waals surface area contributed by atoms with Crippen molar-refractivity contribution < 1.29 is 36.3 Å². The van der Waals surface area contributed by atoms with Crippen LogP contribution in [-0.4, -0.2) is 42.3 Å². The maximum absolute atomic E-state index is 13.3. The second-order valence-corrected chi connectivity index (χ2v) is 8.28. The predicted octanol–water partition coefficient (Wildman–Crippen LogP) is 4.81. The smallest absolute Gasteiger partial charge is 0.419 e. The van der Waals surface area contributed by atoms with E-state index < -0.39 is 41.9 Å². The lowest BCUT2D eigenvalue weighted by molar-refractivity contribution is -0.151. The molecule has 0 bridgehead atoms. The molecule has 2 aromatic rings. The summed E-state index contributed by atoms with van der Waals surface area (Å²) in [5.41, 5.74) is -0.537. The number of esters is 1. The van der Waals surface area contributed by atoms with Crippen LogP contribution in [0.2, 0.25) is 0 Å². The molecule has 1 fully saturated rings. The highest BCUT2D eigenvalue weighted by molar-refractivity contribution is 7.99. The zero-order chi connectivity index (χ0) is 24.0. The van der Waals surface area contributed by atoms with Gasteiger partial charge in [0.15, 0.2) is 6.61 Å². The second kappa shape index (κ2) is 10.8. The van der Waals surface area contributed by atoms with Crippen molar-refractivity contribution in [3.8, 4) is 0 Å². The van der Waals surface area contributed by atoms with Crippen LogP contribution in [0.25, 0.3) is 0 Å². The van der Waals surface area contributed by atoms with Gasteiger partial charge in [-0.3, -0.25) is 9.59 Å². The Balaban J connectivity index is 1.53. The van der Waals surface area contributed by atoms with Gasteiger partial charge in [-0.05, 0) is 49.2 Å². The number of benzene rings is 1. The van der Waals surface area contributed by atoms with E-state index in [1.54, 1.807) is 0 Å². The average Bonchev–Trinajstić information content (AvgIpc) is 2.78. The number of rotatable bonds is 7. The highest BCUT2D eigenvalue weighted by Crippen LogP contribution is 2.36. The molecular weight excluding hydrogens is 469 g/mol. The normalized spacial score (nSPS) is 16.5. The Morgan fingerprint density at radius 3 is 2.61 bits per heavy atom. The van der Waals surface area contributed by atoms with Crippen LogP contribution in [0.4, 0.5) is 33.5 Å². The van der Waals surface area contributed by atoms with Crippen molar-refractivity contribution in [2.24, 2.45) is 5.92 Å². The molecule has 1 unspecified atom stereocenters. The van der Waals surface area contributed by atoms with E-state index >= 15 is 0 Å². The van der Waals surface area contributed by atoms with Crippen LogP contribution in [0.5, 0.6) is 0 Å². The van der Waals surface area contributed by atoms with Gasteiger partial charge in [-0.25, -0.2) is 4.98 Å². The van der Waals surface area contributed by atoms with Crippen molar-refractivity contribution in [1.29, 1.82) is 0 Å². The number of nitrogens with one attached hydrogen (secondary N) is 1. The lowest BCUT2D eigenvalue weighted by atomic mass is 9.98. The standard InChI is InChI=1S/C21H20F5N3O3S/c22-20(23)33-15-7-5-14(6-8-15)28-17(30)12-32-19(31)13-3-2-10-29(11-13)18-16(21(24,25)26)4-1-9-27-18/h1,4-9,13,20H,2-3,10-12H2,(H,28,30). The highest BCUT2D eigenvalue weighted by atomic mass is 32.2. The first-order valence-electron chi connectivity index (χ1n) is 9.92. The Morgan fingerprint density at radius 1 is 1.21 bits per heavy atom. The molecule has 0 aliphatic carbocycles. The van der Waals surface area contributed by atoms with Gasteiger partial charge in [-0.1, -0.05) is 11.8 Å². The molecule has 1 amide bonds. The first kappa shape index (κ1) is 24.7. The number of hydrogen-bond acceptors (Lipinski definition) is 6. The van der Waals surface area contributed by atoms with Crippen LogP contribution >= 0.6 is 11.8 Å². The molecule has 1 aromatic heterocycles. The summed E-state index contributed by atoms with van der Waals surface area (Å²) < 4.78 is 69.6. The summed E-state index contributed by atoms with van der Waals surface area (Å²) in [5, 5.41) is 2.48. The molecule has 6 nitrogen and oxygen atoms in total. The zero-order valence-corrected chi connectivity index (χ0v) is 18.0. The minimum absolute atomic E-state index is 0.0101. The number of halogens is 5. The number of nitrogens with zero attached hydrogens (tertiary/aromatic N) is 2. The molecule has 33 heavy (non-hydrogen) atoms. The van der Waals surface area contributed by atoms with Crippen LogP contribution in [0.3, 0.4) is 0 Å². The molecule has 1 saturated heterocycles. The minimum Gasteiger partial charge on any atom is -0.455 e. The van der Waals surface area contributed by atoms with E-state index in [1.807, 2.05) is 0 Å². The number of carbonyl (C=O) groups is 2. The van der Waals surface area contributed by atoms with Gasteiger partial charge in [0.25, 0.3) is 11.7 Å². The quantitative estimate of drug-likeness (QED) is 0.342. The monoisotopic (exact) mass is 489 g/mol. The summed E-state index contributed by atoms with van der Waals surface area (Å²) in [7, 11) is 0. The summed E-state index contributed by atoms with van der Waals surface area (Å²) in [6.07, 6.45) is -2.45. The van der Waals surface area contributed by atoms with Gasteiger partial charge >= 0.3 is 12.1 Å². The Morgan fingerprint density at radius 2 is 1.94 bits per heavy atom. The molecule has 3 rings (SSSR count). The van der Waals surface area contributed by atoms with Gasteiger partial charge in [-0.2, -0.15) is 22.0 Å². The van der Waals surface area contributed by atoms with Crippen molar-refractivity contribution in [3.63, 3.8) is 0 Å². The second-order valence-electron chi connectivity index (χ2n) is 7.22. The van der Waals surface area contributed by atoms with E-state index in [-0.39, 0.29) is 12.4 Å². The van der Waals surface area contributed by atoms with E-state index in [1.165, 1.54) is 41.4 Å². The number of ether oxygens (including phenoxy) is 1. The van der Waals surface area contributed by atoms with Gasteiger partial charge in [0.05, 0.1) is 11.5 Å². The molecule has 0 radical (unpaired) electrons. The van der Waals surface area contributed by atoms with E-state index in [0.29, 0.717) is 41.7 Å². The number of alkyl halides is 5. The van der Waals surface area contributed by atoms with Crippen molar-refractivity contribution in [1.82, 2.24) is 4.98 Å². The van der Waals surface area contributed by atoms with Gasteiger partial charge < -0.3 is 15.0 Å². The Kier molecular flexibility index (Phi) is 8.11. The molecule has 1 aromatic carbocycles. The molecule has 12 heteroatoms. The number of anilines is 2. The first-order chi connectivity index (χ1) is 15.6. The third-order valence-electron chi connectivity index (χ3n) is 4.86. The van der Waals surface area contributed by atoms with Crippen LogP contribution in [0.15, 0.2) is 47.5 Å². The minimum atomic E-state index is -4.58. The average molecular weight is 489 g/mol. The van der Waals surface area contributed by atoms with Gasteiger partial charge in [0, 0.05) is 29.9 Å². The van der Waals surface area contributed by atoms with Crippen molar-refractivity contribution in [2.45, 2.75) is 29.7 Å². The number of amides is 1. The van der Waals surface area contributed by atoms with Gasteiger partial charge in [-0.15, -0.1) is 0 Å². The van der Waals surface area contributed by atoms with Gasteiger partial charge in [0.1, 0.15) is 5.82 Å². The number of carbonyl (C=O) groups excluding carboxylic acids is 2. The molecule has 2 heterocycles. The molecule has 0 spiro atoms. The number of aromatic nitrogens is 1. The maximum atomic E-state index is 13.3. The fraction of sp³-hybridized carbons (Fsp3) is 0.381. The van der Waals surface area contributed by atoms with Crippen molar-refractivity contribution >= 4 is 35.1 Å². The molecule has 178 valence electrons. The number of piperidine rings is 1. The molecule has 0 saturated carbocycles. The van der Waals surface area contributed by atoms with Crippen LogP contribution in [0, 0.1) is 5.92 Å². The van der Waals surface area contributed by atoms with Gasteiger partial charge in [0.2, 0.25) is 0 Å². The molecule has 1 aliphatic heterocycles. The lowest BCUT2D eigenvalue weighted by Crippen LogP contribution is -2.41. The van der Waals surface area contributed by atoms with E-state index in [4.69, 9.17) is 4.74 Å². The topological polar surface area (TPSA) is 71.5 Å². The summed E-state index contributed by atoms with van der Waals surface area (Å²) in [4.78, 5) is 30.0. The van der Waals surface area contributed by atoms with Crippen LogP contribution in [-0.2, 0) is 20.5 Å². The largest absolute Gasteiger partial charge is 0.455 e. The molecule has 1 aliphatic rings. The number of pyridine rings is 1.